The minimum Gasteiger partial charge on any atom is -0.388 e. The normalized spacial score (nSPS) is 14.8. The zero-order valence-corrected chi connectivity index (χ0v) is 15.7. The smallest absolute Gasteiger partial charge is 0.168 e. The molecule has 0 bridgehead atoms. The van der Waals surface area contributed by atoms with E-state index in [4.69, 9.17) is 10.3 Å². The number of nitriles is 1. The first-order chi connectivity index (χ1) is 12.3. The van der Waals surface area contributed by atoms with Crippen LogP contribution in [0.25, 0.3) is 0 Å². The van der Waals surface area contributed by atoms with Gasteiger partial charge in [0.15, 0.2) is 5.78 Å². The maximum absolute atomic E-state index is 12.8. The highest BCUT2D eigenvalue weighted by atomic mass is 16.1. The molecular weight excluding hydrogens is 322 g/mol. The van der Waals surface area contributed by atoms with Crippen LogP contribution < -0.4 is 5.32 Å². The number of Topliss-reactive ketones (excluding diaryl/α,β-unsaturated/α-hetero) is 1. The Morgan fingerprint density at radius 3 is 2.58 bits per heavy atom. The van der Waals surface area contributed by atoms with E-state index in [2.05, 4.69) is 44.3 Å². The van der Waals surface area contributed by atoms with Crippen LogP contribution in [0.1, 0.15) is 52.9 Å². The third-order valence-corrected chi connectivity index (χ3v) is 4.76. The SMILES string of the molecule is CNc1cc2c(cc1C)CC(C)(C)N=C2CC(=O)c1ccc(C#N)cc1. The summed E-state index contributed by atoms with van der Waals surface area (Å²) < 4.78 is 0. The molecule has 1 aliphatic rings. The van der Waals surface area contributed by atoms with Gasteiger partial charge in [-0.2, -0.15) is 5.26 Å². The molecule has 1 N–H and O–H groups in total. The minimum absolute atomic E-state index is 0.0171. The van der Waals surface area contributed by atoms with Gasteiger partial charge in [-0.05, 0) is 56.5 Å². The quantitative estimate of drug-likeness (QED) is 0.840. The number of hydrogen-bond donors (Lipinski definition) is 1. The van der Waals surface area contributed by atoms with Crippen molar-refractivity contribution in [2.45, 2.75) is 39.2 Å². The van der Waals surface area contributed by atoms with E-state index in [1.165, 1.54) is 11.1 Å². The lowest BCUT2D eigenvalue weighted by atomic mass is 9.84. The average Bonchev–Trinajstić information content (AvgIpc) is 2.60. The Morgan fingerprint density at radius 2 is 1.96 bits per heavy atom. The molecule has 0 saturated heterocycles. The number of benzene rings is 2. The summed E-state index contributed by atoms with van der Waals surface area (Å²) >= 11 is 0. The Labute approximate surface area is 154 Å². The van der Waals surface area contributed by atoms with E-state index < -0.39 is 0 Å². The van der Waals surface area contributed by atoms with Crippen molar-refractivity contribution < 1.29 is 4.79 Å². The molecule has 0 aliphatic carbocycles. The molecule has 1 heterocycles. The molecule has 26 heavy (non-hydrogen) atoms. The fourth-order valence-corrected chi connectivity index (χ4v) is 3.50. The van der Waals surface area contributed by atoms with Gasteiger partial charge in [0.05, 0.1) is 29.3 Å². The Balaban J connectivity index is 1.96. The molecule has 132 valence electrons. The predicted octanol–water partition coefficient (Wildman–Crippen LogP) is 4.31. The lowest BCUT2D eigenvalue weighted by molar-refractivity contribution is 0.100. The van der Waals surface area contributed by atoms with Crippen molar-refractivity contribution in [1.82, 2.24) is 0 Å². The van der Waals surface area contributed by atoms with E-state index >= 15 is 0 Å². The van der Waals surface area contributed by atoms with Crippen LogP contribution in [0.5, 0.6) is 0 Å². The number of fused-ring (bicyclic) bond motifs is 1. The van der Waals surface area contributed by atoms with Gasteiger partial charge in [0.25, 0.3) is 0 Å². The molecule has 0 aromatic heterocycles. The van der Waals surface area contributed by atoms with Crippen molar-refractivity contribution in [3.63, 3.8) is 0 Å². The predicted molar refractivity (Wildman–Crippen MR) is 105 cm³/mol. The minimum atomic E-state index is -0.221. The number of anilines is 1. The second-order valence-electron chi connectivity index (χ2n) is 7.41. The van der Waals surface area contributed by atoms with E-state index in [1.807, 2.05) is 7.05 Å². The van der Waals surface area contributed by atoms with Gasteiger partial charge in [0.2, 0.25) is 0 Å². The van der Waals surface area contributed by atoms with Gasteiger partial charge in [-0.3, -0.25) is 9.79 Å². The molecule has 3 rings (SSSR count). The molecule has 2 aromatic carbocycles. The number of carbonyl (C=O) groups excluding carboxylic acids is 1. The Bertz CT molecular complexity index is 931. The summed E-state index contributed by atoms with van der Waals surface area (Å²) in [5.74, 6) is 0.0171. The molecule has 4 heteroatoms. The maximum atomic E-state index is 12.8. The lowest BCUT2D eigenvalue weighted by Crippen LogP contribution is -2.30. The van der Waals surface area contributed by atoms with Crippen LogP contribution in [0.4, 0.5) is 5.69 Å². The standard InChI is InChI=1S/C22H23N3O/c1-14-9-17-12-22(2,3)25-20(18(17)10-19(14)24-4)11-21(26)16-7-5-15(13-23)6-8-16/h5-10,24H,11-12H2,1-4H3. The molecule has 1 aliphatic heterocycles. The van der Waals surface area contributed by atoms with Crippen molar-refractivity contribution in [2.24, 2.45) is 4.99 Å². The number of nitrogens with one attached hydrogen (secondary N) is 1. The highest BCUT2D eigenvalue weighted by Crippen LogP contribution is 2.32. The Hall–Kier alpha value is -2.93. The summed E-state index contributed by atoms with van der Waals surface area (Å²) in [6, 6.07) is 13.2. The number of aryl methyl sites for hydroxylation is 1. The fraction of sp³-hybridized carbons (Fsp3) is 0.318. The average molecular weight is 345 g/mol. The fourth-order valence-electron chi connectivity index (χ4n) is 3.50. The summed E-state index contributed by atoms with van der Waals surface area (Å²) in [6.45, 7) is 6.29. The summed E-state index contributed by atoms with van der Waals surface area (Å²) in [4.78, 5) is 17.7. The molecule has 0 fully saturated rings. The molecule has 0 saturated carbocycles. The second-order valence-corrected chi connectivity index (χ2v) is 7.41. The number of hydrogen-bond acceptors (Lipinski definition) is 4. The molecule has 0 amide bonds. The van der Waals surface area contributed by atoms with Gasteiger partial charge in [-0.25, -0.2) is 0 Å². The van der Waals surface area contributed by atoms with Crippen LogP contribution in [-0.2, 0) is 6.42 Å². The largest absolute Gasteiger partial charge is 0.388 e. The summed E-state index contributed by atoms with van der Waals surface area (Å²) in [6.07, 6.45) is 1.12. The Morgan fingerprint density at radius 1 is 1.27 bits per heavy atom. The number of ketones is 1. The van der Waals surface area contributed by atoms with Crippen LogP contribution >= 0.6 is 0 Å². The van der Waals surface area contributed by atoms with Crippen LogP contribution in [0, 0.1) is 18.3 Å². The van der Waals surface area contributed by atoms with Crippen LogP contribution in [0.3, 0.4) is 0 Å². The van der Waals surface area contributed by atoms with Crippen molar-refractivity contribution >= 4 is 17.2 Å². The van der Waals surface area contributed by atoms with Crippen molar-refractivity contribution in [1.29, 1.82) is 5.26 Å². The van der Waals surface area contributed by atoms with Crippen LogP contribution in [0.15, 0.2) is 41.4 Å². The van der Waals surface area contributed by atoms with E-state index in [9.17, 15) is 4.79 Å². The Kier molecular flexibility index (Phi) is 4.65. The lowest BCUT2D eigenvalue weighted by Gasteiger charge is -2.30. The van der Waals surface area contributed by atoms with Gasteiger partial charge < -0.3 is 5.32 Å². The van der Waals surface area contributed by atoms with E-state index in [0.717, 1.165) is 23.4 Å². The highest BCUT2D eigenvalue weighted by Gasteiger charge is 2.28. The van der Waals surface area contributed by atoms with Gasteiger partial charge in [-0.15, -0.1) is 0 Å². The number of aliphatic imine (C=N–C) groups is 1. The van der Waals surface area contributed by atoms with Gasteiger partial charge >= 0.3 is 0 Å². The van der Waals surface area contributed by atoms with Crippen molar-refractivity contribution in [3.8, 4) is 6.07 Å². The molecule has 0 spiro atoms. The molecule has 0 radical (unpaired) electrons. The third-order valence-electron chi connectivity index (χ3n) is 4.76. The van der Waals surface area contributed by atoms with Crippen molar-refractivity contribution in [3.05, 3.63) is 64.2 Å². The van der Waals surface area contributed by atoms with E-state index in [0.29, 0.717) is 11.1 Å². The monoisotopic (exact) mass is 345 g/mol. The molecular formula is C22H23N3O. The summed E-state index contributed by atoms with van der Waals surface area (Å²) in [5.41, 5.74) is 6.33. The number of rotatable bonds is 4. The van der Waals surface area contributed by atoms with Gasteiger partial charge in [0, 0.05) is 23.9 Å². The van der Waals surface area contributed by atoms with Crippen molar-refractivity contribution in [2.75, 3.05) is 12.4 Å². The van der Waals surface area contributed by atoms with Gasteiger partial charge in [-0.1, -0.05) is 18.2 Å². The first kappa shape index (κ1) is 17.9. The summed E-state index contributed by atoms with van der Waals surface area (Å²) in [7, 11) is 1.90. The first-order valence-electron chi connectivity index (χ1n) is 8.77. The van der Waals surface area contributed by atoms with E-state index in [-0.39, 0.29) is 17.7 Å². The second kappa shape index (κ2) is 6.76. The molecule has 0 unspecified atom stereocenters. The number of carbonyl (C=O) groups is 1. The molecule has 0 atom stereocenters. The van der Waals surface area contributed by atoms with Crippen LogP contribution in [-0.4, -0.2) is 24.1 Å². The third kappa shape index (κ3) is 3.52. The van der Waals surface area contributed by atoms with E-state index in [1.54, 1.807) is 24.3 Å². The van der Waals surface area contributed by atoms with Gasteiger partial charge in [0.1, 0.15) is 0 Å². The topological polar surface area (TPSA) is 65.2 Å². The highest BCUT2D eigenvalue weighted by molar-refractivity contribution is 6.17. The first-order valence-corrected chi connectivity index (χ1v) is 8.77. The zero-order chi connectivity index (χ0) is 18.9. The molecule has 4 nitrogen and oxygen atoms in total. The summed E-state index contributed by atoms with van der Waals surface area (Å²) in [5, 5.41) is 12.1. The van der Waals surface area contributed by atoms with Crippen LogP contribution in [0.2, 0.25) is 0 Å². The number of nitrogens with zero attached hydrogens (tertiary/aromatic N) is 2. The molecule has 2 aromatic rings. The zero-order valence-electron chi connectivity index (χ0n) is 15.7. The maximum Gasteiger partial charge on any atom is 0.168 e.